The second kappa shape index (κ2) is 14.2. The minimum Gasteiger partial charge on any atom is -0.496 e. The third-order valence-corrected chi connectivity index (χ3v) is 5.44. The van der Waals surface area contributed by atoms with Gasteiger partial charge >= 0.3 is 0 Å². The number of likely N-dealkylation sites (tertiary alicyclic amines) is 1. The van der Waals surface area contributed by atoms with E-state index in [4.69, 9.17) is 19.2 Å². The molecule has 2 N–H and O–H groups in total. The molecule has 1 heterocycles. The van der Waals surface area contributed by atoms with Crippen LogP contribution in [0, 0.1) is 5.92 Å². The Morgan fingerprint density at radius 2 is 1.74 bits per heavy atom. The van der Waals surface area contributed by atoms with Crippen molar-refractivity contribution in [2.75, 3.05) is 54.6 Å². The molecule has 0 aromatic heterocycles. The molecule has 0 aliphatic carbocycles. The number of nitrogens with one attached hydrogen (secondary N) is 2. The molecular weight excluding hydrogens is 511 g/mol. The zero-order chi connectivity index (χ0) is 21.9. The molecule has 0 radical (unpaired) electrons. The number of guanidine groups is 1. The van der Waals surface area contributed by atoms with Crippen molar-refractivity contribution >= 4 is 35.8 Å². The first-order valence-electron chi connectivity index (χ1n) is 10.6. The maximum atomic E-state index is 11.6. The molecule has 0 unspecified atom stereocenters. The van der Waals surface area contributed by atoms with Gasteiger partial charge in [0.05, 0.1) is 21.3 Å². The summed E-state index contributed by atoms with van der Waals surface area (Å²) in [5.74, 6) is 3.65. The maximum Gasteiger partial charge on any atom is 0.220 e. The van der Waals surface area contributed by atoms with E-state index in [1.165, 1.54) is 0 Å². The van der Waals surface area contributed by atoms with Gasteiger partial charge in [0.25, 0.3) is 0 Å². The molecule has 2 rings (SSSR count). The Balaban J connectivity index is 0.00000480. The van der Waals surface area contributed by atoms with Crippen molar-refractivity contribution in [2.45, 2.75) is 32.6 Å². The number of amides is 1. The number of carbonyl (C=O) groups is 1. The van der Waals surface area contributed by atoms with Crippen LogP contribution >= 0.6 is 24.0 Å². The van der Waals surface area contributed by atoms with Crippen LogP contribution in [0.5, 0.6) is 17.2 Å². The molecule has 1 fully saturated rings. The van der Waals surface area contributed by atoms with Gasteiger partial charge in [-0.15, -0.1) is 24.0 Å². The summed E-state index contributed by atoms with van der Waals surface area (Å²) in [5.41, 5.74) is 0.977. The van der Waals surface area contributed by atoms with Gasteiger partial charge in [0.15, 0.2) is 5.96 Å². The van der Waals surface area contributed by atoms with Crippen LogP contribution < -0.4 is 24.8 Å². The predicted octanol–water partition coefficient (Wildman–Crippen LogP) is 2.69. The number of rotatable bonds is 9. The fraction of sp³-hybridized carbons (Fsp3) is 0.636. The molecule has 1 aliphatic heterocycles. The van der Waals surface area contributed by atoms with Crippen LogP contribution in [-0.4, -0.2) is 71.3 Å². The normalized spacial score (nSPS) is 14.5. The summed E-state index contributed by atoms with van der Waals surface area (Å²) in [4.78, 5) is 18.8. The Bertz CT molecular complexity index is 696. The number of carbonyl (C=O) groups excluding carboxylic acids is 1. The van der Waals surface area contributed by atoms with Gasteiger partial charge in [-0.2, -0.15) is 0 Å². The van der Waals surface area contributed by atoms with E-state index in [2.05, 4.69) is 22.5 Å². The van der Waals surface area contributed by atoms with Gasteiger partial charge in [-0.25, -0.2) is 0 Å². The number of piperidine rings is 1. The number of hydrogen-bond acceptors (Lipinski definition) is 5. The monoisotopic (exact) mass is 548 g/mol. The SMILES string of the molecule is CCNC(=NCCc1c(OC)cc(OC)cc1OC)N1CCC(CC(=O)NC)CC1.I. The number of nitrogens with zero attached hydrogens (tertiary/aromatic N) is 2. The first-order chi connectivity index (χ1) is 14.6. The molecule has 9 heteroatoms. The molecule has 8 nitrogen and oxygen atoms in total. The van der Waals surface area contributed by atoms with E-state index in [-0.39, 0.29) is 29.9 Å². The van der Waals surface area contributed by atoms with Crippen LogP contribution in [-0.2, 0) is 11.2 Å². The van der Waals surface area contributed by atoms with Gasteiger partial charge in [0.2, 0.25) is 5.91 Å². The summed E-state index contributed by atoms with van der Waals surface area (Å²) in [6, 6.07) is 3.73. The lowest BCUT2D eigenvalue weighted by molar-refractivity contribution is -0.121. The van der Waals surface area contributed by atoms with Crippen molar-refractivity contribution in [2.24, 2.45) is 10.9 Å². The number of benzene rings is 1. The molecule has 1 amide bonds. The molecule has 0 spiro atoms. The topological polar surface area (TPSA) is 84.4 Å². The van der Waals surface area contributed by atoms with Gasteiger partial charge in [-0.05, 0) is 32.1 Å². The molecule has 1 aliphatic rings. The van der Waals surface area contributed by atoms with Crippen molar-refractivity contribution in [1.29, 1.82) is 0 Å². The lowest BCUT2D eigenvalue weighted by Crippen LogP contribution is -2.46. The van der Waals surface area contributed by atoms with Crippen LogP contribution in [0.2, 0.25) is 0 Å². The largest absolute Gasteiger partial charge is 0.496 e. The molecule has 0 atom stereocenters. The Labute approximate surface area is 203 Å². The number of halogens is 1. The van der Waals surface area contributed by atoms with E-state index in [0.717, 1.165) is 55.5 Å². The quantitative estimate of drug-likeness (QED) is 0.281. The Morgan fingerprint density at radius 1 is 1.13 bits per heavy atom. The van der Waals surface area contributed by atoms with Crippen molar-refractivity contribution in [1.82, 2.24) is 15.5 Å². The van der Waals surface area contributed by atoms with E-state index < -0.39 is 0 Å². The summed E-state index contributed by atoms with van der Waals surface area (Å²) in [5, 5.41) is 6.11. The average Bonchev–Trinajstić information content (AvgIpc) is 2.78. The highest BCUT2D eigenvalue weighted by Gasteiger charge is 2.23. The third-order valence-electron chi connectivity index (χ3n) is 5.44. The number of aliphatic imine (C=N–C) groups is 1. The number of methoxy groups -OCH3 is 3. The Morgan fingerprint density at radius 3 is 2.23 bits per heavy atom. The number of ether oxygens (including phenoxy) is 3. The van der Waals surface area contributed by atoms with Crippen molar-refractivity contribution in [3.63, 3.8) is 0 Å². The Hall–Kier alpha value is -1.91. The minimum atomic E-state index is 0. The number of hydrogen-bond donors (Lipinski definition) is 2. The maximum absolute atomic E-state index is 11.6. The molecule has 0 bridgehead atoms. The van der Waals surface area contributed by atoms with Gasteiger partial charge in [-0.1, -0.05) is 0 Å². The van der Waals surface area contributed by atoms with Gasteiger partial charge in [-0.3, -0.25) is 9.79 Å². The van der Waals surface area contributed by atoms with Crippen LogP contribution in [0.25, 0.3) is 0 Å². The van der Waals surface area contributed by atoms with Crippen LogP contribution in [0.4, 0.5) is 0 Å². The molecule has 1 aromatic carbocycles. The highest BCUT2D eigenvalue weighted by atomic mass is 127. The summed E-state index contributed by atoms with van der Waals surface area (Å²) >= 11 is 0. The summed E-state index contributed by atoms with van der Waals surface area (Å²) in [6.45, 7) is 5.31. The minimum absolute atomic E-state index is 0. The first kappa shape index (κ1) is 27.1. The van der Waals surface area contributed by atoms with Gasteiger partial charge in [0.1, 0.15) is 17.2 Å². The van der Waals surface area contributed by atoms with E-state index >= 15 is 0 Å². The molecular formula is C22H37IN4O4. The van der Waals surface area contributed by atoms with E-state index in [9.17, 15) is 4.79 Å². The Kier molecular flexibility index (Phi) is 12.4. The molecule has 1 aromatic rings. The smallest absolute Gasteiger partial charge is 0.220 e. The lowest BCUT2D eigenvalue weighted by Gasteiger charge is -2.34. The van der Waals surface area contributed by atoms with E-state index in [1.54, 1.807) is 28.4 Å². The second-order valence-corrected chi connectivity index (χ2v) is 7.30. The zero-order valence-electron chi connectivity index (χ0n) is 19.3. The van der Waals surface area contributed by atoms with E-state index in [1.807, 2.05) is 12.1 Å². The average molecular weight is 548 g/mol. The summed E-state index contributed by atoms with van der Waals surface area (Å²) in [7, 11) is 6.61. The fourth-order valence-electron chi connectivity index (χ4n) is 3.74. The lowest BCUT2D eigenvalue weighted by atomic mass is 9.93. The van der Waals surface area contributed by atoms with Crippen LogP contribution in [0.1, 0.15) is 31.7 Å². The standard InChI is InChI=1S/C22H36N4O4.HI/c1-6-24-22(26-11-8-16(9-12-26)13-21(27)23-2)25-10-7-18-19(29-4)14-17(28-3)15-20(18)30-5;/h14-16H,6-13H2,1-5H3,(H,23,27)(H,24,25);1H. The molecule has 176 valence electrons. The molecule has 1 saturated heterocycles. The molecule has 31 heavy (non-hydrogen) atoms. The van der Waals surface area contributed by atoms with Crippen molar-refractivity contribution in [3.8, 4) is 17.2 Å². The first-order valence-corrected chi connectivity index (χ1v) is 10.6. The van der Waals surface area contributed by atoms with Gasteiger partial charge < -0.3 is 29.7 Å². The highest BCUT2D eigenvalue weighted by molar-refractivity contribution is 14.0. The van der Waals surface area contributed by atoms with Crippen molar-refractivity contribution < 1.29 is 19.0 Å². The molecule has 0 saturated carbocycles. The van der Waals surface area contributed by atoms with Crippen LogP contribution in [0.3, 0.4) is 0 Å². The van der Waals surface area contributed by atoms with Crippen LogP contribution in [0.15, 0.2) is 17.1 Å². The highest BCUT2D eigenvalue weighted by Crippen LogP contribution is 2.34. The second-order valence-electron chi connectivity index (χ2n) is 7.30. The van der Waals surface area contributed by atoms with E-state index in [0.29, 0.717) is 31.1 Å². The predicted molar refractivity (Wildman–Crippen MR) is 134 cm³/mol. The fourth-order valence-corrected chi connectivity index (χ4v) is 3.74. The van der Waals surface area contributed by atoms with Gasteiger partial charge in [0, 0.05) is 57.3 Å². The zero-order valence-corrected chi connectivity index (χ0v) is 21.7. The van der Waals surface area contributed by atoms with Crippen molar-refractivity contribution in [3.05, 3.63) is 17.7 Å². The summed E-state index contributed by atoms with van der Waals surface area (Å²) in [6.07, 6.45) is 3.30. The third kappa shape index (κ3) is 7.93. The summed E-state index contributed by atoms with van der Waals surface area (Å²) < 4.78 is 16.4.